The summed E-state index contributed by atoms with van der Waals surface area (Å²) >= 11 is 1.62. The molecule has 4 nitrogen and oxygen atoms in total. The van der Waals surface area contributed by atoms with Crippen molar-refractivity contribution in [1.29, 1.82) is 0 Å². The number of benzene rings is 2. The molecule has 0 unspecified atom stereocenters. The number of thioether (sulfide) groups is 1. The highest BCUT2D eigenvalue weighted by Crippen LogP contribution is 2.44. The summed E-state index contributed by atoms with van der Waals surface area (Å²) < 4.78 is 33.0. The Morgan fingerprint density at radius 3 is 2.52 bits per heavy atom. The first-order chi connectivity index (χ1) is 11.0. The molecule has 0 aromatic heterocycles. The van der Waals surface area contributed by atoms with Crippen LogP contribution in [0.15, 0.2) is 53.4 Å². The van der Waals surface area contributed by atoms with Gasteiger partial charge in [-0.2, -0.15) is 4.31 Å². The van der Waals surface area contributed by atoms with Crippen molar-refractivity contribution in [3.63, 3.8) is 0 Å². The predicted octanol–water partition coefficient (Wildman–Crippen LogP) is 3.44. The summed E-state index contributed by atoms with van der Waals surface area (Å²) in [6, 6.07) is 14.6. The van der Waals surface area contributed by atoms with E-state index in [0.29, 0.717) is 11.4 Å². The Balaban J connectivity index is 1.99. The van der Waals surface area contributed by atoms with Crippen molar-refractivity contribution in [2.75, 3.05) is 19.4 Å². The van der Waals surface area contributed by atoms with Crippen LogP contribution in [0.5, 0.6) is 5.75 Å². The summed E-state index contributed by atoms with van der Waals surface area (Å²) in [5.74, 6) is 1.49. The van der Waals surface area contributed by atoms with Crippen LogP contribution in [-0.2, 0) is 10.0 Å². The second kappa shape index (κ2) is 6.55. The van der Waals surface area contributed by atoms with Crippen LogP contribution in [0.2, 0.25) is 0 Å². The van der Waals surface area contributed by atoms with Gasteiger partial charge in [0.1, 0.15) is 5.75 Å². The summed E-state index contributed by atoms with van der Waals surface area (Å²) in [6.45, 7) is 2.45. The van der Waals surface area contributed by atoms with Crippen molar-refractivity contribution in [1.82, 2.24) is 4.31 Å². The van der Waals surface area contributed by atoms with Gasteiger partial charge in [-0.1, -0.05) is 35.9 Å². The molecule has 0 spiro atoms. The van der Waals surface area contributed by atoms with Crippen molar-refractivity contribution in [2.45, 2.75) is 17.2 Å². The third kappa shape index (κ3) is 3.11. The molecule has 3 rings (SSSR count). The quantitative estimate of drug-likeness (QED) is 0.848. The first kappa shape index (κ1) is 16.4. The fourth-order valence-electron chi connectivity index (χ4n) is 2.66. The van der Waals surface area contributed by atoms with Gasteiger partial charge < -0.3 is 4.74 Å². The average Bonchev–Trinajstić information content (AvgIpc) is 3.05. The molecule has 1 aliphatic heterocycles. The Hall–Kier alpha value is -1.50. The lowest BCUT2D eigenvalue weighted by molar-refractivity contribution is 0.390. The normalized spacial score (nSPS) is 19.0. The van der Waals surface area contributed by atoms with Gasteiger partial charge in [0.2, 0.25) is 10.0 Å². The van der Waals surface area contributed by atoms with Crippen molar-refractivity contribution in [3.05, 3.63) is 59.7 Å². The van der Waals surface area contributed by atoms with E-state index in [-0.39, 0.29) is 5.37 Å². The van der Waals surface area contributed by atoms with Crippen LogP contribution in [-0.4, -0.2) is 32.1 Å². The summed E-state index contributed by atoms with van der Waals surface area (Å²) in [7, 11) is -1.91. The van der Waals surface area contributed by atoms with Crippen LogP contribution in [0.1, 0.15) is 16.5 Å². The number of para-hydroxylation sites is 1. The zero-order valence-corrected chi connectivity index (χ0v) is 14.7. The van der Waals surface area contributed by atoms with Gasteiger partial charge in [-0.3, -0.25) is 0 Å². The van der Waals surface area contributed by atoms with E-state index in [1.54, 1.807) is 35.3 Å². The second-order valence-electron chi connectivity index (χ2n) is 5.39. The van der Waals surface area contributed by atoms with Gasteiger partial charge in [0, 0.05) is 17.9 Å². The Bertz CT molecular complexity index is 788. The first-order valence-electron chi connectivity index (χ1n) is 7.37. The molecule has 0 bridgehead atoms. The topological polar surface area (TPSA) is 46.6 Å². The second-order valence-corrected chi connectivity index (χ2v) is 8.47. The summed E-state index contributed by atoms with van der Waals surface area (Å²) in [5.41, 5.74) is 1.94. The van der Waals surface area contributed by atoms with E-state index in [2.05, 4.69) is 0 Å². The number of ether oxygens (including phenoxy) is 1. The number of aryl methyl sites for hydroxylation is 1. The SMILES string of the molecule is COc1ccccc1[C@@H]1SCCN1S(=O)(=O)c1ccc(C)cc1. The number of hydrogen-bond donors (Lipinski definition) is 0. The minimum atomic E-state index is -3.52. The maximum Gasteiger partial charge on any atom is 0.244 e. The maximum absolute atomic E-state index is 13.0. The monoisotopic (exact) mass is 349 g/mol. The van der Waals surface area contributed by atoms with Crippen LogP contribution >= 0.6 is 11.8 Å². The third-order valence-corrected chi connectivity index (χ3v) is 7.14. The summed E-state index contributed by atoms with van der Waals surface area (Å²) in [4.78, 5) is 0.338. The van der Waals surface area contributed by atoms with Crippen molar-refractivity contribution in [3.8, 4) is 5.75 Å². The van der Waals surface area contributed by atoms with Gasteiger partial charge in [-0.25, -0.2) is 8.42 Å². The van der Waals surface area contributed by atoms with Crippen LogP contribution in [0.4, 0.5) is 0 Å². The van der Waals surface area contributed by atoms with Gasteiger partial charge in [0.25, 0.3) is 0 Å². The average molecular weight is 349 g/mol. The van der Waals surface area contributed by atoms with E-state index >= 15 is 0 Å². The van der Waals surface area contributed by atoms with E-state index in [1.807, 2.05) is 43.3 Å². The third-order valence-electron chi connectivity index (χ3n) is 3.88. The van der Waals surface area contributed by atoms with E-state index in [4.69, 9.17) is 4.74 Å². The Kier molecular flexibility index (Phi) is 4.66. The van der Waals surface area contributed by atoms with Crippen molar-refractivity contribution in [2.24, 2.45) is 0 Å². The summed E-state index contributed by atoms with van der Waals surface area (Å²) in [6.07, 6.45) is 0. The van der Waals surface area contributed by atoms with Gasteiger partial charge >= 0.3 is 0 Å². The molecular weight excluding hydrogens is 330 g/mol. The molecular formula is C17H19NO3S2. The Labute approximate surface area is 141 Å². The fraction of sp³-hybridized carbons (Fsp3) is 0.294. The van der Waals surface area contributed by atoms with Gasteiger partial charge in [-0.05, 0) is 25.1 Å². The zero-order chi connectivity index (χ0) is 16.4. The number of hydrogen-bond acceptors (Lipinski definition) is 4. The zero-order valence-electron chi connectivity index (χ0n) is 13.1. The minimum absolute atomic E-state index is 0.252. The van der Waals surface area contributed by atoms with Gasteiger partial charge in [-0.15, -0.1) is 11.8 Å². The standard InChI is InChI=1S/C17H19NO3S2/c1-13-7-9-14(10-8-13)23(19,20)18-11-12-22-17(18)15-5-3-4-6-16(15)21-2/h3-10,17H,11-12H2,1-2H3/t17-/m0/s1. The molecule has 2 aromatic rings. The molecule has 0 radical (unpaired) electrons. The Morgan fingerprint density at radius 2 is 1.83 bits per heavy atom. The lowest BCUT2D eigenvalue weighted by atomic mass is 10.2. The maximum atomic E-state index is 13.0. The number of sulfonamides is 1. The minimum Gasteiger partial charge on any atom is -0.496 e. The van der Waals surface area contributed by atoms with E-state index in [1.165, 1.54) is 0 Å². The molecule has 0 aliphatic carbocycles. The van der Waals surface area contributed by atoms with Gasteiger partial charge in [0.15, 0.2) is 0 Å². The highest BCUT2D eigenvalue weighted by Gasteiger charge is 2.37. The van der Waals surface area contributed by atoms with Crippen LogP contribution in [0, 0.1) is 6.92 Å². The number of rotatable bonds is 4. The molecule has 6 heteroatoms. The van der Waals surface area contributed by atoms with Crippen molar-refractivity contribution >= 4 is 21.8 Å². The predicted molar refractivity (Wildman–Crippen MR) is 93.3 cm³/mol. The molecule has 122 valence electrons. The lowest BCUT2D eigenvalue weighted by Gasteiger charge is -2.24. The fourth-order valence-corrected chi connectivity index (χ4v) is 5.92. The molecule has 1 saturated heterocycles. The molecule has 0 saturated carbocycles. The smallest absolute Gasteiger partial charge is 0.244 e. The van der Waals surface area contributed by atoms with Gasteiger partial charge in [0.05, 0.1) is 17.4 Å². The largest absolute Gasteiger partial charge is 0.496 e. The molecule has 23 heavy (non-hydrogen) atoms. The summed E-state index contributed by atoms with van der Waals surface area (Å²) in [5, 5.41) is -0.252. The molecule has 2 aromatic carbocycles. The molecule has 1 atom stereocenters. The molecule has 0 N–H and O–H groups in total. The Morgan fingerprint density at radius 1 is 1.13 bits per heavy atom. The van der Waals surface area contributed by atoms with E-state index in [0.717, 1.165) is 22.6 Å². The van der Waals surface area contributed by atoms with Crippen LogP contribution < -0.4 is 4.74 Å². The van der Waals surface area contributed by atoms with E-state index < -0.39 is 10.0 Å². The van der Waals surface area contributed by atoms with Crippen LogP contribution in [0.3, 0.4) is 0 Å². The first-order valence-corrected chi connectivity index (χ1v) is 9.86. The molecule has 1 heterocycles. The molecule has 0 amide bonds. The highest BCUT2D eigenvalue weighted by molar-refractivity contribution is 8.01. The lowest BCUT2D eigenvalue weighted by Crippen LogP contribution is -2.30. The molecule has 1 aliphatic rings. The van der Waals surface area contributed by atoms with Crippen molar-refractivity contribution < 1.29 is 13.2 Å². The van der Waals surface area contributed by atoms with E-state index in [9.17, 15) is 8.42 Å². The number of methoxy groups -OCH3 is 1. The number of nitrogens with zero attached hydrogens (tertiary/aromatic N) is 1. The van der Waals surface area contributed by atoms with Crippen LogP contribution in [0.25, 0.3) is 0 Å². The molecule has 1 fully saturated rings. The highest BCUT2D eigenvalue weighted by atomic mass is 32.2.